The lowest BCUT2D eigenvalue weighted by molar-refractivity contribution is 0.0636. The normalized spacial score (nSPS) is 11.1. The molecule has 0 bridgehead atoms. The van der Waals surface area contributed by atoms with Crippen LogP contribution in [0.25, 0.3) is 0 Å². The van der Waals surface area contributed by atoms with Crippen molar-refractivity contribution in [2.75, 3.05) is 10.5 Å². The van der Waals surface area contributed by atoms with Crippen molar-refractivity contribution in [2.45, 2.75) is 31.3 Å². The number of nitrogens with one attached hydrogen (secondary N) is 1. The summed E-state index contributed by atoms with van der Waals surface area (Å²) in [6, 6.07) is 7.44. The van der Waals surface area contributed by atoms with Crippen molar-refractivity contribution >= 4 is 35.1 Å². The Kier molecular flexibility index (Phi) is 5.15. The largest absolute Gasteiger partial charge is 0.444 e. The van der Waals surface area contributed by atoms with E-state index in [0.29, 0.717) is 10.9 Å². The first kappa shape index (κ1) is 14.2. The Morgan fingerprint density at radius 2 is 1.94 bits per heavy atom. The van der Waals surface area contributed by atoms with E-state index in [0.717, 1.165) is 4.90 Å². The molecule has 0 spiro atoms. The van der Waals surface area contributed by atoms with Gasteiger partial charge in [-0.3, -0.25) is 5.32 Å². The summed E-state index contributed by atoms with van der Waals surface area (Å²) in [4.78, 5) is 12.5. The Labute approximate surface area is 111 Å². The Bertz CT molecular complexity index is 373. The zero-order valence-electron chi connectivity index (χ0n) is 10.1. The highest BCUT2D eigenvalue weighted by Gasteiger charge is 2.15. The molecule has 1 rings (SSSR count). The van der Waals surface area contributed by atoms with Gasteiger partial charge in [0.05, 0.1) is 5.21 Å². The van der Waals surface area contributed by atoms with Crippen LogP contribution in [0.1, 0.15) is 20.8 Å². The average molecular weight is 274 g/mol. The quantitative estimate of drug-likeness (QED) is 0.658. The summed E-state index contributed by atoms with van der Waals surface area (Å²) in [5.41, 5.74) is 0.219. The van der Waals surface area contributed by atoms with Gasteiger partial charge in [-0.2, -0.15) is 0 Å². The van der Waals surface area contributed by atoms with E-state index in [-0.39, 0.29) is 0 Å². The van der Waals surface area contributed by atoms with Gasteiger partial charge in [0, 0.05) is 10.6 Å². The highest BCUT2D eigenvalue weighted by atomic mass is 35.5. The second kappa shape index (κ2) is 6.17. The zero-order chi connectivity index (χ0) is 12.9. The van der Waals surface area contributed by atoms with E-state index >= 15 is 0 Å². The summed E-state index contributed by atoms with van der Waals surface area (Å²) in [7, 11) is 0. The highest BCUT2D eigenvalue weighted by molar-refractivity contribution is 8.00. The van der Waals surface area contributed by atoms with Gasteiger partial charge in [-0.1, -0.05) is 0 Å². The Morgan fingerprint density at radius 3 is 2.41 bits per heavy atom. The topological polar surface area (TPSA) is 38.3 Å². The number of thioether (sulfide) groups is 1. The molecule has 0 fully saturated rings. The molecule has 17 heavy (non-hydrogen) atoms. The lowest BCUT2D eigenvalue weighted by atomic mass is 10.2. The fraction of sp³-hybridized carbons (Fsp3) is 0.417. The molecule has 0 radical (unpaired) electrons. The molecule has 0 atom stereocenters. The van der Waals surface area contributed by atoms with Crippen LogP contribution in [0.5, 0.6) is 0 Å². The second-order valence-electron chi connectivity index (χ2n) is 4.40. The molecule has 3 nitrogen and oxygen atoms in total. The van der Waals surface area contributed by atoms with Gasteiger partial charge < -0.3 is 4.74 Å². The molecule has 94 valence electrons. The third-order valence-electron chi connectivity index (χ3n) is 1.72. The van der Waals surface area contributed by atoms with E-state index < -0.39 is 11.7 Å². The molecule has 5 heteroatoms. The summed E-state index contributed by atoms with van der Waals surface area (Å²) < 4.78 is 5.14. The molecule has 0 aliphatic carbocycles. The van der Waals surface area contributed by atoms with Crippen molar-refractivity contribution in [2.24, 2.45) is 0 Å². The van der Waals surface area contributed by atoms with Crippen molar-refractivity contribution in [3.63, 3.8) is 0 Å². The average Bonchev–Trinajstić information content (AvgIpc) is 2.18. The number of ether oxygens (including phenoxy) is 1. The number of carbonyl (C=O) groups is 1. The van der Waals surface area contributed by atoms with E-state index in [4.69, 9.17) is 16.3 Å². The van der Waals surface area contributed by atoms with Crippen LogP contribution in [0.2, 0.25) is 0 Å². The number of benzene rings is 1. The summed E-state index contributed by atoms with van der Waals surface area (Å²) in [5, 5.41) is 3.18. The number of rotatable bonds is 3. The number of carbonyl (C=O) groups excluding carboxylic acids is 1. The van der Waals surface area contributed by atoms with Gasteiger partial charge in [0.25, 0.3) is 0 Å². The first-order valence-electron chi connectivity index (χ1n) is 5.19. The van der Waals surface area contributed by atoms with Crippen LogP contribution in [-0.4, -0.2) is 16.9 Å². The predicted molar refractivity (Wildman–Crippen MR) is 72.9 cm³/mol. The smallest absolute Gasteiger partial charge is 0.412 e. The third kappa shape index (κ3) is 5.84. The monoisotopic (exact) mass is 273 g/mol. The van der Waals surface area contributed by atoms with Crippen molar-refractivity contribution < 1.29 is 9.53 Å². The Hall–Kier alpha value is -0.870. The molecule has 1 aromatic rings. The van der Waals surface area contributed by atoms with E-state index in [1.165, 1.54) is 11.8 Å². The summed E-state index contributed by atoms with van der Waals surface area (Å²) in [6.45, 7) is 5.48. The SMILES string of the molecule is CC(C)(C)OC(=O)Nc1ccc(SCCl)cc1. The lowest BCUT2D eigenvalue weighted by Gasteiger charge is -2.19. The van der Waals surface area contributed by atoms with Gasteiger partial charge >= 0.3 is 6.09 Å². The molecular weight excluding hydrogens is 258 g/mol. The number of alkyl halides is 1. The van der Waals surface area contributed by atoms with Gasteiger partial charge in [-0.05, 0) is 45.0 Å². The Balaban J connectivity index is 2.54. The van der Waals surface area contributed by atoms with Crippen molar-refractivity contribution in [1.29, 1.82) is 0 Å². The van der Waals surface area contributed by atoms with Gasteiger partial charge in [0.1, 0.15) is 5.60 Å². The summed E-state index contributed by atoms with van der Waals surface area (Å²) in [6.07, 6.45) is -0.449. The van der Waals surface area contributed by atoms with Gasteiger partial charge in [0.2, 0.25) is 0 Å². The first-order chi connectivity index (χ1) is 7.90. The number of hydrogen-bond acceptors (Lipinski definition) is 3. The minimum Gasteiger partial charge on any atom is -0.444 e. The van der Waals surface area contributed by atoms with Crippen LogP contribution in [0.15, 0.2) is 29.2 Å². The molecule has 0 saturated carbocycles. The molecular formula is C12H16ClNO2S. The maximum atomic E-state index is 11.5. The summed E-state index contributed by atoms with van der Waals surface area (Å²) >= 11 is 7.14. The molecule has 0 heterocycles. The fourth-order valence-corrected chi connectivity index (χ4v) is 1.95. The second-order valence-corrected chi connectivity index (χ2v) is 6.04. The summed E-state index contributed by atoms with van der Waals surface area (Å²) in [5.74, 6) is 0. The van der Waals surface area contributed by atoms with Crippen molar-refractivity contribution in [3.05, 3.63) is 24.3 Å². The van der Waals surface area contributed by atoms with Gasteiger partial charge in [0.15, 0.2) is 0 Å². The molecule has 0 saturated heterocycles. The van der Waals surface area contributed by atoms with Crippen LogP contribution < -0.4 is 5.32 Å². The highest BCUT2D eigenvalue weighted by Crippen LogP contribution is 2.21. The first-order valence-corrected chi connectivity index (χ1v) is 6.71. The van der Waals surface area contributed by atoms with Crippen LogP contribution in [0.4, 0.5) is 10.5 Å². The van der Waals surface area contributed by atoms with E-state index in [9.17, 15) is 4.79 Å². The molecule has 0 aliphatic rings. The van der Waals surface area contributed by atoms with E-state index in [1.807, 2.05) is 45.0 Å². The zero-order valence-corrected chi connectivity index (χ0v) is 11.7. The lowest BCUT2D eigenvalue weighted by Crippen LogP contribution is -2.27. The third-order valence-corrected chi connectivity index (χ3v) is 2.76. The standard InChI is InChI=1S/C12H16ClNO2S/c1-12(2,3)16-11(15)14-9-4-6-10(7-5-9)17-8-13/h4-7H,8H2,1-3H3,(H,14,15). The van der Waals surface area contributed by atoms with Gasteiger partial charge in [-0.15, -0.1) is 23.4 Å². The molecule has 1 aromatic carbocycles. The maximum absolute atomic E-state index is 11.5. The Morgan fingerprint density at radius 1 is 1.35 bits per heavy atom. The number of hydrogen-bond donors (Lipinski definition) is 1. The van der Waals surface area contributed by atoms with Crippen LogP contribution in [0.3, 0.4) is 0 Å². The van der Waals surface area contributed by atoms with E-state index in [1.54, 1.807) is 0 Å². The van der Waals surface area contributed by atoms with Crippen molar-refractivity contribution in [3.8, 4) is 0 Å². The molecule has 0 aromatic heterocycles. The van der Waals surface area contributed by atoms with Crippen molar-refractivity contribution in [1.82, 2.24) is 0 Å². The van der Waals surface area contributed by atoms with Crippen LogP contribution in [-0.2, 0) is 4.74 Å². The predicted octanol–water partition coefficient (Wildman–Crippen LogP) is 4.32. The molecule has 1 N–H and O–H groups in total. The number of halogens is 1. The van der Waals surface area contributed by atoms with Crippen LogP contribution in [0, 0.1) is 0 Å². The molecule has 1 amide bonds. The molecule has 0 unspecified atom stereocenters. The maximum Gasteiger partial charge on any atom is 0.412 e. The number of anilines is 1. The minimum absolute atomic E-state index is 0.449. The van der Waals surface area contributed by atoms with Crippen LogP contribution >= 0.6 is 23.4 Å². The fourth-order valence-electron chi connectivity index (χ4n) is 1.12. The number of amides is 1. The minimum atomic E-state index is -0.488. The molecule has 0 aliphatic heterocycles. The van der Waals surface area contributed by atoms with E-state index in [2.05, 4.69) is 5.32 Å². The van der Waals surface area contributed by atoms with Gasteiger partial charge in [-0.25, -0.2) is 4.79 Å².